The SMILES string of the molecule is COc1ccc(C(=O)Nc2ccccc2-c2nc(C)no2)cc1OC. The Bertz CT molecular complexity index is 905. The Labute approximate surface area is 144 Å². The Hall–Kier alpha value is -3.35. The minimum Gasteiger partial charge on any atom is -0.493 e. The number of nitrogens with zero attached hydrogens (tertiary/aromatic N) is 2. The molecule has 1 aromatic heterocycles. The van der Waals surface area contributed by atoms with E-state index < -0.39 is 0 Å². The van der Waals surface area contributed by atoms with Crippen molar-refractivity contribution in [1.29, 1.82) is 0 Å². The van der Waals surface area contributed by atoms with Gasteiger partial charge in [0, 0.05) is 5.56 Å². The first-order chi connectivity index (χ1) is 12.1. The molecule has 0 bridgehead atoms. The molecule has 0 aliphatic carbocycles. The zero-order chi connectivity index (χ0) is 17.8. The number of carbonyl (C=O) groups is 1. The lowest BCUT2D eigenvalue weighted by Crippen LogP contribution is -2.13. The summed E-state index contributed by atoms with van der Waals surface area (Å²) < 4.78 is 15.6. The number of anilines is 1. The second-order valence-corrected chi connectivity index (χ2v) is 5.22. The monoisotopic (exact) mass is 339 g/mol. The van der Waals surface area contributed by atoms with Crippen molar-refractivity contribution >= 4 is 11.6 Å². The van der Waals surface area contributed by atoms with Crippen LogP contribution in [0.1, 0.15) is 16.2 Å². The quantitative estimate of drug-likeness (QED) is 0.767. The van der Waals surface area contributed by atoms with Gasteiger partial charge in [-0.3, -0.25) is 4.79 Å². The van der Waals surface area contributed by atoms with Crippen LogP contribution in [-0.4, -0.2) is 30.3 Å². The maximum atomic E-state index is 12.6. The van der Waals surface area contributed by atoms with Crippen LogP contribution in [0.25, 0.3) is 11.5 Å². The summed E-state index contributed by atoms with van der Waals surface area (Å²) in [7, 11) is 3.06. The van der Waals surface area contributed by atoms with Crippen molar-refractivity contribution in [3.8, 4) is 23.0 Å². The third-order valence-electron chi connectivity index (χ3n) is 3.58. The molecule has 1 N–H and O–H groups in total. The molecule has 3 aromatic rings. The van der Waals surface area contributed by atoms with Crippen molar-refractivity contribution in [1.82, 2.24) is 10.1 Å². The summed E-state index contributed by atoms with van der Waals surface area (Å²) >= 11 is 0. The number of methoxy groups -OCH3 is 2. The van der Waals surface area contributed by atoms with Gasteiger partial charge in [0.1, 0.15) is 0 Å². The zero-order valence-electron chi connectivity index (χ0n) is 14.1. The van der Waals surface area contributed by atoms with E-state index in [1.54, 1.807) is 44.4 Å². The predicted octanol–water partition coefficient (Wildman–Crippen LogP) is 3.31. The third-order valence-corrected chi connectivity index (χ3v) is 3.58. The van der Waals surface area contributed by atoms with E-state index in [0.29, 0.717) is 40.0 Å². The summed E-state index contributed by atoms with van der Waals surface area (Å²) in [6, 6.07) is 12.2. The van der Waals surface area contributed by atoms with Crippen LogP contribution < -0.4 is 14.8 Å². The van der Waals surface area contributed by atoms with Crippen molar-refractivity contribution in [3.63, 3.8) is 0 Å². The maximum absolute atomic E-state index is 12.6. The largest absolute Gasteiger partial charge is 0.493 e. The van der Waals surface area contributed by atoms with Gasteiger partial charge in [0.2, 0.25) is 0 Å². The van der Waals surface area contributed by atoms with E-state index in [9.17, 15) is 4.79 Å². The lowest BCUT2D eigenvalue weighted by Gasteiger charge is -2.11. The number of ether oxygens (including phenoxy) is 2. The number of rotatable bonds is 5. The Balaban J connectivity index is 1.89. The van der Waals surface area contributed by atoms with Crippen LogP contribution in [0.15, 0.2) is 47.0 Å². The average Bonchev–Trinajstić information content (AvgIpc) is 3.07. The van der Waals surface area contributed by atoms with Gasteiger partial charge < -0.3 is 19.3 Å². The lowest BCUT2D eigenvalue weighted by molar-refractivity contribution is 0.102. The molecule has 0 aliphatic heterocycles. The molecule has 0 aliphatic rings. The minimum atomic E-state index is -0.287. The molecule has 0 radical (unpaired) electrons. The molecular weight excluding hydrogens is 322 g/mol. The summed E-state index contributed by atoms with van der Waals surface area (Å²) in [6.45, 7) is 1.73. The molecule has 25 heavy (non-hydrogen) atoms. The molecule has 0 spiro atoms. The maximum Gasteiger partial charge on any atom is 0.260 e. The van der Waals surface area contributed by atoms with Crippen molar-refractivity contribution in [2.24, 2.45) is 0 Å². The molecular formula is C18H17N3O4. The first kappa shape index (κ1) is 16.5. The molecule has 2 aromatic carbocycles. The predicted molar refractivity (Wildman–Crippen MR) is 92.0 cm³/mol. The van der Waals surface area contributed by atoms with Gasteiger partial charge in [-0.15, -0.1) is 0 Å². The molecule has 0 fully saturated rings. The van der Waals surface area contributed by atoms with E-state index in [0.717, 1.165) is 0 Å². The first-order valence-electron chi connectivity index (χ1n) is 7.55. The van der Waals surface area contributed by atoms with Crippen molar-refractivity contribution in [3.05, 3.63) is 53.9 Å². The Morgan fingerprint density at radius 3 is 2.52 bits per heavy atom. The number of hydrogen-bond acceptors (Lipinski definition) is 6. The molecule has 0 saturated carbocycles. The highest BCUT2D eigenvalue weighted by molar-refractivity contribution is 6.06. The standard InChI is InChI=1S/C18H17N3O4/c1-11-19-18(25-21-11)13-6-4-5-7-14(13)20-17(22)12-8-9-15(23-2)16(10-12)24-3/h4-10H,1-3H3,(H,20,22). The molecule has 1 amide bonds. The minimum absolute atomic E-state index is 0.287. The van der Waals surface area contributed by atoms with Crippen LogP contribution in [0.5, 0.6) is 11.5 Å². The van der Waals surface area contributed by atoms with Gasteiger partial charge in [0.15, 0.2) is 17.3 Å². The summed E-state index contributed by atoms with van der Waals surface area (Å²) in [5.41, 5.74) is 1.66. The zero-order valence-corrected chi connectivity index (χ0v) is 14.1. The molecule has 3 rings (SSSR count). The second kappa shape index (κ2) is 7.04. The van der Waals surface area contributed by atoms with Gasteiger partial charge in [0.25, 0.3) is 11.8 Å². The van der Waals surface area contributed by atoms with Crippen LogP contribution in [0.2, 0.25) is 0 Å². The van der Waals surface area contributed by atoms with E-state index in [2.05, 4.69) is 15.5 Å². The van der Waals surface area contributed by atoms with Crippen molar-refractivity contribution in [2.45, 2.75) is 6.92 Å². The Morgan fingerprint density at radius 1 is 1.08 bits per heavy atom. The molecule has 0 atom stereocenters. The fraction of sp³-hybridized carbons (Fsp3) is 0.167. The van der Waals surface area contributed by atoms with E-state index in [-0.39, 0.29) is 5.91 Å². The number of benzene rings is 2. The Kier molecular flexibility index (Phi) is 4.65. The van der Waals surface area contributed by atoms with Gasteiger partial charge in [-0.1, -0.05) is 17.3 Å². The van der Waals surface area contributed by atoms with Crippen LogP contribution in [0.3, 0.4) is 0 Å². The van der Waals surface area contributed by atoms with Gasteiger partial charge in [-0.2, -0.15) is 4.98 Å². The fourth-order valence-corrected chi connectivity index (χ4v) is 2.36. The molecule has 0 unspecified atom stereocenters. The first-order valence-corrected chi connectivity index (χ1v) is 7.55. The molecule has 128 valence electrons. The summed E-state index contributed by atoms with van der Waals surface area (Å²) in [5, 5.41) is 6.64. The Morgan fingerprint density at radius 2 is 1.84 bits per heavy atom. The van der Waals surface area contributed by atoms with Gasteiger partial charge in [-0.05, 0) is 37.3 Å². The molecule has 7 heteroatoms. The number of amides is 1. The van der Waals surface area contributed by atoms with Crippen molar-refractivity contribution in [2.75, 3.05) is 19.5 Å². The topological polar surface area (TPSA) is 86.5 Å². The highest BCUT2D eigenvalue weighted by atomic mass is 16.5. The molecule has 0 saturated heterocycles. The van der Waals surface area contributed by atoms with E-state index in [4.69, 9.17) is 14.0 Å². The lowest BCUT2D eigenvalue weighted by atomic mass is 10.1. The smallest absolute Gasteiger partial charge is 0.260 e. The summed E-state index contributed by atoms with van der Waals surface area (Å²) in [5.74, 6) is 1.62. The number of aromatic nitrogens is 2. The highest BCUT2D eigenvalue weighted by Crippen LogP contribution is 2.29. The molecule has 7 nitrogen and oxygen atoms in total. The van der Waals surface area contributed by atoms with E-state index in [1.807, 2.05) is 12.1 Å². The number of carbonyl (C=O) groups excluding carboxylic acids is 1. The van der Waals surface area contributed by atoms with Crippen LogP contribution in [-0.2, 0) is 0 Å². The van der Waals surface area contributed by atoms with E-state index >= 15 is 0 Å². The summed E-state index contributed by atoms with van der Waals surface area (Å²) in [4.78, 5) is 16.8. The van der Waals surface area contributed by atoms with Crippen molar-refractivity contribution < 1.29 is 18.8 Å². The average molecular weight is 339 g/mol. The van der Waals surface area contributed by atoms with Crippen LogP contribution >= 0.6 is 0 Å². The van der Waals surface area contributed by atoms with Gasteiger partial charge >= 0.3 is 0 Å². The normalized spacial score (nSPS) is 10.4. The van der Waals surface area contributed by atoms with Gasteiger partial charge in [-0.25, -0.2) is 0 Å². The van der Waals surface area contributed by atoms with Gasteiger partial charge in [0.05, 0.1) is 25.5 Å². The van der Waals surface area contributed by atoms with E-state index in [1.165, 1.54) is 7.11 Å². The highest BCUT2D eigenvalue weighted by Gasteiger charge is 2.15. The molecule has 1 heterocycles. The number of nitrogens with one attached hydrogen (secondary N) is 1. The number of para-hydroxylation sites is 1. The third kappa shape index (κ3) is 3.45. The summed E-state index contributed by atoms with van der Waals surface area (Å²) in [6.07, 6.45) is 0. The second-order valence-electron chi connectivity index (χ2n) is 5.22. The van der Waals surface area contributed by atoms with Crippen LogP contribution in [0, 0.1) is 6.92 Å². The fourth-order valence-electron chi connectivity index (χ4n) is 2.36. The number of aryl methyl sites for hydroxylation is 1. The number of hydrogen-bond donors (Lipinski definition) is 1. The van der Waals surface area contributed by atoms with Crippen LogP contribution in [0.4, 0.5) is 5.69 Å².